The molecular weight excluding hydrogens is 262 g/mol. The minimum absolute atomic E-state index is 0.0352. The van der Waals surface area contributed by atoms with Gasteiger partial charge in [-0.25, -0.2) is 9.59 Å². The summed E-state index contributed by atoms with van der Waals surface area (Å²) in [7, 11) is 0. The third-order valence-electron chi connectivity index (χ3n) is 2.80. The molecule has 0 aliphatic carbocycles. The zero-order valence-corrected chi connectivity index (χ0v) is 11.3. The fraction of sp³-hybridized carbons (Fsp3) is 0.462. The second-order valence-corrected chi connectivity index (χ2v) is 4.19. The van der Waals surface area contributed by atoms with Crippen LogP contribution in [0.2, 0.25) is 0 Å². The van der Waals surface area contributed by atoms with E-state index in [4.69, 9.17) is 10.2 Å². The maximum Gasteiger partial charge on any atom is 0.326 e. The standard InChI is InChI=1S/C13H19N3O4/c1-2-9-4-3-6-14-11(9)8-15-13(20)16-10(5-7-17)12(18)19/h3-4,6,10,17H,2,5,7-8H2,1H3,(H,18,19)(H2,15,16,20). The number of aliphatic hydroxyl groups is 1. The van der Waals surface area contributed by atoms with Gasteiger partial charge in [-0.3, -0.25) is 4.98 Å². The second kappa shape index (κ2) is 8.11. The lowest BCUT2D eigenvalue weighted by atomic mass is 10.1. The van der Waals surface area contributed by atoms with Gasteiger partial charge < -0.3 is 20.8 Å². The van der Waals surface area contributed by atoms with Crippen molar-refractivity contribution in [3.8, 4) is 0 Å². The summed E-state index contributed by atoms with van der Waals surface area (Å²) in [6, 6.07) is 2.05. The summed E-state index contributed by atoms with van der Waals surface area (Å²) in [5.41, 5.74) is 1.78. The van der Waals surface area contributed by atoms with Gasteiger partial charge in [-0.05, 0) is 18.1 Å². The van der Waals surface area contributed by atoms with Crippen LogP contribution in [0.15, 0.2) is 18.3 Å². The highest BCUT2D eigenvalue weighted by Gasteiger charge is 2.19. The molecule has 0 aliphatic heterocycles. The lowest BCUT2D eigenvalue weighted by molar-refractivity contribution is -0.139. The highest BCUT2D eigenvalue weighted by molar-refractivity contribution is 5.82. The van der Waals surface area contributed by atoms with Crippen molar-refractivity contribution in [3.05, 3.63) is 29.6 Å². The first-order valence-corrected chi connectivity index (χ1v) is 6.39. The molecule has 0 aromatic carbocycles. The fourth-order valence-corrected chi connectivity index (χ4v) is 1.71. The van der Waals surface area contributed by atoms with Gasteiger partial charge in [0, 0.05) is 19.2 Å². The molecule has 0 fully saturated rings. The number of pyridine rings is 1. The Hall–Kier alpha value is -2.15. The molecule has 1 heterocycles. The topological polar surface area (TPSA) is 112 Å². The van der Waals surface area contributed by atoms with Crippen molar-refractivity contribution in [3.63, 3.8) is 0 Å². The summed E-state index contributed by atoms with van der Waals surface area (Å²) in [4.78, 5) is 26.6. The number of nitrogens with zero attached hydrogens (tertiary/aromatic N) is 1. The van der Waals surface area contributed by atoms with Gasteiger partial charge in [0.05, 0.1) is 12.2 Å². The van der Waals surface area contributed by atoms with Crippen LogP contribution in [-0.2, 0) is 17.8 Å². The van der Waals surface area contributed by atoms with E-state index in [1.165, 1.54) is 0 Å². The number of carbonyl (C=O) groups excluding carboxylic acids is 1. The van der Waals surface area contributed by atoms with E-state index in [1.807, 2.05) is 19.1 Å². The van der Waals surface area contributed by atoms with Crippen LogP contribution in [0.25, 0.3) is 0 Å². The molecule has 1 aromatic heterocycles. The van der Waals surface area contributed by atoms with E-state index >= 15 is 0 Å². The molecule has 0 saturated carbocycles. The van der Waals surface area contributed by atoms with Gasteiger partial charge in [-0.1, -0.05) is 13.0 Å². The minimum Gasteiger partial charge on any atom is -0.480 e. The van der Waals surface area contributed by atoms with Crippen LogP contribution in [-0.4, -0.2) is 39.8 Å². The summed E-state index contributed by atoms with van der Waals surface area (Å²) in [6.07, 6.45) is 2.40. The largest absolute Gasteiger partial charge is 0.480 e. The van der Waals surface area contributed by atoms with Gasteiger partial charge in [0.1, 0.15) is 6.04 Å². The molecule has 1 unspecified atom stereocenters. The van der Waals surface area contributed by atoms with Gasteiger partial charge in [-0.15, -0.1) is 0 Å². The molecule has 7 nitrogen and oxygen atoms in total. The van der Waals surface area contributed by atoms with E-state index < -0.39 is 18.0 Å². The van der Waals surface area contributed by atoms with E-state index in [1.54, 1.807) is 6.20 Å². The number of aliphatic hydroxyl groups excluding tert-OH is 1. The predicted molar refractivity (Wildman–Crippen MR) is 72.1 cm³/mol. The highest BCUT2D eigenvalue weighted by atomic mass is 16.4. The van der Waals surface area contributed by atoms with Crippen LogP contribution < -0.4 is 10.6 Å². The van der Waals surface area contributed by atoms with Gasteiger partial charge >= 0.3 is 12.0 Å². The number of carboxylic acid groups (broad SMARTS) is 1. The van der Waals surface area contributed by atoms with E-state index in [0.29, 0.717) is 0 Å². The van der Waals surface area contributed by atoms with Crippen molar-refractivity contribution in [2.45, 2.75) is 32.4 Å². The number of aryl methyl sites for hydroxylation is 1. The first-order valence-electron chi connectivity index (χ1n) is 6.39. The van der Waals surface area contributed by atoms with Crippen LogP contribution in [0.4, 0.5) is 4.79 Å². The zero-order chi connectivity index (χ0) is 15.0. The molecule has 0 radical (unpaired) electrons. The molecule has 7 heteroatoms. The lowest BCUT2D eigenvalue weighted by Crippen LogP contribution is -2.46. The Morgan fingerprint density at radius 1 is 1.45 bits per heavy atom. The number of amides is 2. The Bertz CT molecular complexity index is 465. The third kappa shape index (κ3) is 4.85. The average Bonchev–Trinajstić information content (AvgIpc) is 2.44. The van der Waals surface area contributed by atoms with Gasteiger partial charge in [0.15, 0.2) is 0 Å². The van der Waals surface area contributed by atoms with Crippen molar-refractivity contribution in [1.29, 1.82) is 0 Å². The van der Waals surface area contributed by atoms with E-state index in [-0.39, 0.29) is 19.6 Å². The monoisotopic (exact) mass is 281 g/mol. The maximum absolute atomic E-state index is 11.6. The summed E-state index contributed by atoms with van der Waals surface area (Å²) < 4.78 is 0. The van der Waals surface area contributed by atoms with Crippen molar-refractivity contribution in [2.75, 3.05) is 6.61 Å². The molecule has 110 valence electrons. The van der Waals surface area contributed by atoms with E-state index in [0.717, 1.165) is 17.7 Å². The first-order chi connectivity index (χ1) is 9.58. The Morgan fingerprint density at radius 2 is 2.20 bits per heavy atom. The second-order valence-electron chi connectivity index (χ2n) is 4.19. The molecule has 0 spiro atoms. The quantitative estimate of drug-likeness (QED) is 0.573. The number of nitrogens with one attached hydrogen (secondary N) is 2. The van der Waals surface area contributed by atoms with Crippen LogP contribution in [0.5, 0.6) is 0 Å². The molecule has 20 heavy (non-hydrogen) atoms. The van der Waals surface area contributed by atoms with Gasteiger partial charge in [0.2, 0.25) is 0 Å². The smallest absolute Gasteiger partial charge is 0.326 e. The summed E-state index contributed by atoms with van der Waals surface area (Å²) in [5.74, 6) is -1.18. The predicted octanol–water partition coefficient (Wildman–Crippen LogP) is 0.279. The van der Waals surface area contributed by atoms with Crippen LogP contribution in [0.3, 0.4) is 0 Å². The minimum atomic E-state index is -1.18. The molecule has 0 aliphatic rings. The summed E-state index contributed by atoms with van der Waals surface area (Å²) >= 11 is 0. The van der Waals surface area contributed by atoms with Crippen molar-refractivity contribution < 1.29 is 19.8 Å². The fourth-order valence-electron chi connectivity index (χ4n) is 1.71. The number of hydrogen-bond donors (Lipinski definition) is 4. The lowest BCUT2D eigenvalue weighted by Gasteiger charge is -2.14. The summed E-state index contributed by atoms with van der Waals surface area (Å²) in [6.45, 7) is 1.90. The molecule has 4 N–H and O–H groups in total. The zero-order valence-electron chi connectivity index (χ0n) is 11.3. The number of aromatic nitrogens is 1. The van der Waals surface area contributed by atoms with E-state index in [2.05, 4.69) is 15.6 Å². The Balaban J connectivity index is 2.52. The van der Waals surface area contributed by atoms with E-state index in [9.17, 15) is 9.59 Å². The van der Waals surface area contributed by atoms with Crippen LogP contribution in [0.1, 0.15) is 24.6 Å². The molecule has 1 rings (SSSR count). The normalized spacial score (nSPS) is 11.7. The summed E-state index contributed by atoms with van der Waals surface area (Å²) in [5, 5.41) is 22.4. The van der Waals surface area contributed by atoms with Crippen LogP contribution in [0, 0.1) is 0 Å². The highest BCUT2D eigenvalue weighted by Crippen LogP contribution is 2.05. The molecular formula is C13H19N3O4. The Labute approximate surface area is 117 Å². The third-order valence-corrected chi connectivity index (χ3v) is 2.80. The molecule has 1 aromatic rings. The van der Waals surface area contributed by atoms with Crippen molar-refractivity contribution in [1.82, 2.24) is 15.6 Å². The van der Waals surface area contributed by atoms with Gasteiger partial charge in [-0.2, -0.15) is 0 Å². The number of rotatable bonds is 7. The van der Waals surface area contributed by atoms with Crippen LogP contribution >= 0.6 is 0 Å². The Kier molecular flexibility index (Phi) is 6.45. The SMILES string of the molecule is CCc1cccnc1CNC(=O)NC(CCO)C(=O)O. The first kappa shape index (κ1) is 15.9. The average molecular weight is 281 g/mol. The van der Waals surface area contributed by atoms with Crippen molar-refractivity contribution in [2.24, 2.45) is 0 Å². The number of carboxylic acids is 1. The number of hydrogen-bond acceptors (Lipinski definition) is 4. The number of carbonyl (C=O) groups is 2. The van der Waals surface area contributed by atoms with Crippen molar-refractivity contribution >= 4 is 12.0 Å². The molecule has 1 atom stereocenters. The Morgan fingerprint density at radius 3 is 2.80 bits per heavy atom. The number of urea groups is 1. The van der Waals surface area contributed by atoms with Gasteiger partial charge in [0.25, 0.3) is 0 Å². The molecule has 0 bridgehead atoms. The maximum atomic E-state index is 11.6. The molecule has 0 saturated heterocycles. The number of aliphatic carboxylic acids is 1. The molecule has 2 amide bonds.